The SMILES string of the molecule is O=C(CNc1cccc2c1C(=O)N(C1CCC(=O)NC1=O)C2=O)NCCCCNC(=O)c1cc(Oc2ccc(NC(=O)Nc3ccc(Cl)c(C(F)(F)F)c3)cc2)ccn1. The second-order valence-electron chi connectivity index (χ2n) is 13.1. The summed E-state index contributed by atoms with van der Waals surface area (Å²) in [6.07, 6.45) is -2.25. The molecule has 306 valence electrons. The summed E-state index contributed by atoms with van der Waals surface area (Å²) < 4.78 is 45.2. The lowest BCUT2D eigenvalue weighted by Crippen LogP contribution is -2.54. The van der Waals surface area contributed by atoms with Gasteiger partial charge in [-0.3, -0.25) is 44.0 Å². The molecule has 1 unspecified atom stereocenters. The first-order chi connectivity index (χ1) is 28.2. The fraction of sp³-hybridized carbons (Fsp3) is 0.231. The van der Waals surface area contributed by atoms with Crippen LogP contribution in [0.25, 0.3) is 0 Å². The molecule has 2 aliphatic heterocycles. The summed E-state index contributed by atoms with van der Waals surface area (Å²) in [5, 5.41) is 14.8. The molecule has 16 nitrogen and oxygen atoms in total. The maximum atomic E-state index is 13.2. The Bertz CT molecular complexity index is 2330. The van der Waals surface area contributed by atoms with Crippen LogP contribution in [0.3, 0.4) is 0 Å². The molecule has 3 heterocycles. The topological polar surface area (TPSA) is 217 Å². The molecule has 0 bridgehead atoms. The monoisotopic (exact) mass is 834 g/mol. The number of benzene rings is 3. The van der Waals surface area contributed by atoms with Crippen LogP contribution in [0.2, 0.25) is 5.02 Å². The fourth-order valence-electron chi connectivity index (χ4n) is 6.13. The number of piperidine rings is 1. The zero-order chi connectivity index (χ0) is 42.3. The van der Waals surface area contributed by atoms with Gasteiger partial charge in [0.25, 0.3) is 17.7 Å². The Hall–Kier alpha value is -7.02. The number of ether oxygens (including phenoxy) is 1. The zero-order valence-electron chi connectivity index (χ0n) is 30.7. The van der Waals surface area contributed by atoms with E-state index < -0.39 is 58.4 Å². The summed E-state index contributed by atoms with van der Waals surface area (Å²) in [6.45, 7) is 0.354. The van der Waals surface area contributed by atoms with Gasteiger partial charge in [0.05, 0.1) is 28.3 Å². The molecule has 0 saturated carbocycles. The highest BCUT2D eigenvalue weighted by atomic mass is 35.5. The van der Waals surface area contributed by atoms with Gasteiger partial charge in [-0.25, -0.2) is 4.79 Å². The van der Waals surface area contributed by atoms with Crippen LogP contribution in [0.1, 0.15) is 62.5 Å². The lowest BCUT2D eigenvalue weighted by Gasteiger charge is -2.27. The van der Waals surface area contributed by atoms with Gasteiger partial charge >= 0.3 is 12.2 Å². The average molecular weight is 835 g/mol. The van der Waals surface area contributed by atoms with Crippen LogP contribution in [0.5, 0.6) is 11.5 Å². The number of amides is 8. The molecule has 1 fully saturated rings. The molecule has 1 aromatic heterocycles. The Morgan fingerprint density at radius 2 is 1.58 bits per heavy atom. The average Bonchev–Trinajstić information content (AvgIpc) is 3.45. The summed E-state index contributed by atoms with van der Waals surface area (Å²) in [4.78, 5) is 92.7. The van der Waals surface area contributed by atoms with E-state index in [1.807, 2.05) is 0 Å². The van der Waals surface area contributed by atoms with Crippen molar-refractivity contribution in [1.82, 2.24) is 25.8 Å². The van der Waals surface area contributed by atoms with E-state index in [4.69, 9.17) is 16.3 Å². The Kier molecular flexibility index (Phi) is 12.7. The van der Waals surface area contributed by atoms with Gasteiger partial charge in [-0.15, -0.1) is 0 Å². The minimum atomic E-state index is -4.69. The molecule has 0 spiro atoms. The molecule has 6 rings (SSSR count). The number of aromatic nitrogens is 1. The molecule has 0 aliphatic carbocycles. The molecule has 0 radical (unpaired) electrons. The van der Waals surface area contributed by atoms with Crippen molar-refractivity contribution in [2.24, 2.45) is 0 Å². The van der Waals surface area contributed by atoms with Gasteiger partial charge in [0.2, 0.25) is 17.7 Å². The number of carbonyl (C=O) groups excluding carboxylic acids is 7. The number of carbonyl (C=O) groups is 7. The number of imide groups is 2. The summed E-state index contributed by atoms with van der Waals surface area (Å²) in [7, 11) is 0. The van der Waals surface area contributed by atoms with Crippen LogP contribution in [0.4, 0.5) is 35.0 Å². The van der Waals surface area contributed by atoms with E-state index in [9.17, 15) is 46.7 Å². The Balaban J connectivity index is 0.893. The maximum absolute atomic E-state index is 13.2. The van der Waals surface area contributed by atoms with Gasteiger partial charge in [0.1, 0.15) is 23.2 Å². The summed E-state index contributed by atoms with van der Waals surface area (Å²) in [5.41, 5.74) is -0.415. The molecule has 2 aliphatic rings. The largest absolute Gasteiger partial charge is 0.457 e. The van der Waals surface area contributed by atoms with E-state index in [-0.39, 0.29) is 66.6 Å². The predicted molar refractivity (Wildman–Crippen MR) is 206 cm³/mol. The van der Waals surface area contributed by atoms with E-state index in [1.54, 1.807) is 12.1 Å². The number of hydrogen-bond acceptors (Lipinski definition) is 10. The Morgan fingerprint density at radius 3 is 2.31 bits per heavy atom. The van der Waals surface area contributed by atoms with Crippen LogP contribution in [0.15, 0.2) is 79.0 Å². The third kappa shape index (κ3) is 10.3. The number of alkyl halides is 3. The van der Waals surface area contributed by atoms with E-state index in [2.05, 4.69) is 36.9 Å². The number of hydrogen-bond donors (Lipinski definition) is 6. The van der Waals surface area contributed by atoms with Crippen LogP contribution >= 0.6 is 11.6 Å². The molecule has 3 aromatic carbocycles. The Morgan fingerprint density at radius 1 is 0.864 bits per heavy atom. The van der Waals surface area contributed by atoms with E-state index in [1.165, 1.54) is 54.7 Å². The molecular formula is C39H34ClF3N8O8. The first-order valence-electron chi connectivity index (χ1n) is 18.0. The van der Waals surface area contributed by atoms with Gasteiger partial charge in [-0.1, -0.05) is 17.7 Å². The number of nitrogens with one attached hydrogen (secondary N) is 6. The first kappa shape index (κ1) is 41.6. The van der Waals surface area contributed by atoms with Gasteiger partial charge in [-0.2, -0.15) is 13.2 Å². The van der Waals surface area contributed by atoms with Crippen molar-refractivity contribution in [2.45, 2.75) is 37.9 Å². The number of urea groups is 1. The van der Waals surface area contributed by atoms with E-state index in [0.717, 1.165) is 17.0 Å². The van der Waals surface area contributed by atoms with Crippen molar-refractivity contribution >= 4 is 70.1 Å². The summed E-state index contributed by atoms with van der Waals surface area (Å²) in [6, 6.07) is 14.7. The number of unbranched alkanes of at least 4 members (excludes halogenated alkanes) is 1. The third-order valence-corrected chi connectivity index (χ3v) is 9.29. The number of rotatable bonds is 14. The van der Waals surface area contributed by atoms with Crippen molar-refractivity contribution in [3.63, 3.8) is 0 Å². The molecule has 20 heteroatoms. The minimum absolute atomic E-state index is 0.00674. The molecule has 8 amide bonds. The van der Waals surface area contributed by atoms with Crippen molar-refractivity contribution in [3.8, 4) is 11.5 Å². The molecule has 1 atom stereocenters. The lowest BCUT2D eigenvalue weighted by molar-refractivity contribution is -0.138. The van der Waals surface area contributed by atoms with Gasteiger partial charge in [-0.05, 0) is 79.9 Å². The predicted octanol–water partition coefficient (Wildman–Crippen LogP) is 5.33. The smallest absolute Gasteiger partial charge is 0.417 e. The fourth-order valence-corrected chi connectivity index (χ4v) is 6.35. The lowest BCUT2D eigenvalue weighted by atomic mass is 10.0. The molecule has 59 heavy (non-hydrogen) atoms. The normalized spacial score (nSPS) is 14.9. The van der Waals surface area contributed by atoms with Gasteiger partial charge < -0.3 is 31.3 Å². The van der Waals surface area contributed by atoms with Crippen LogP contribution in [-0.4, -0.2) is 77.0 Å². The summed E-state index contributed by atoms with van der Waals surface area (Å²) in [5.74, 6) is -2.75. The highest BCUT2D eigenvalue weighted by Gasteiger charge is 2.45. The van der Waals surface area contributed by atoms with Gasteiger partial charge in [0.15, 0.2) is 0 Å². The quantitative estimate of drug-likeness (QED) is 0.0709. The molecule has 6 N–H and O–H groups in total. The molecule has 1 saturated heterocycles. The molecule has 4 aromatic rings. The maximum Gasteiger partial charge on any atom is 0.417 e. The second-order valence-corrected chi connectivity index (χ2v) is 13.5. The van der Waals surface area contributed by atoms with Crippen molar-refractivity contribution in [1.29, 1.82) is 0 Å². The van der Waals surface area contributed by atoms with Gasteiger partial charge in [0, 0.05) is 48.8 Å². The van der Waals surface area contributed by atoms with Crippen molar-refractivity contribution < 1.29 is 51.5 Å². The summed E-state index contributed by atoms with van der Waals surface area (Å²) >= 11 is 5.62. The van der Waals surface area contributed by atoms with Crippen LogP contribution < -0.4 is 36.6 Å². The Labute approximate surface area is 338 Å². The third-order valence-electron chi connectivity index (χ3n) is 8.96. The second kappa shape index (κ2) is 18.1. The van der Waals surface area contributed by atoms with Crippen molar-refractivity contribution in [3.05, 3.63) is 106 Å². The first-order valence-corrected chi connectivity index (χ1v) is 18.4. The highest BCUT2D eigenvalue weighted by Crippen LogP contribution is 2.36. The van der Waals surface area contributed by atoms with Crippen molar-refractivity contribution in [2.75, 3.05) is 35.6 Å². The van der Waals surface area contributed by atoms with Crippen LogP contribution in [-0.2, 0) is 20.6 Å². The van der Waals surface area contributed by atoms with E-state index in [0.29, 0.717) is 30.0 Å². The highest BCUT2D eigenvalue weighted by molar-refractivity contribution is 6.31. The standard InChI is InChI=1S/C39H34ClF3N8O8/c40-27-11-8-22(18-26(27)39(41,42)43)49-38(58)48-21-6-9-23(10-7-21)59-24-14-17-44-29(19-24)34(54)46-16-2-1-15-45-32(53)20-47-28-5-3-4-25-33(28)37(57)51(36(25)56)30-12-13-31(52)50-35(30)55/h3-11,14,17-19,30,47H,1-2,12-13,15-16,20H2,(H,45,53)(H,46,54)(H2,48,49,58)(H,50,52,55). The zero-order valence-corrected chi connectivity index (χ0v) is 31.5. The van der Waals surface area contributed by atoms with E-state index >= 15 is 0 Å². The van der Waals surface area contributed by atoms with Crippen LogP contribution in [0, 0.1) is 0 Å². The number of anilines is 3. The number of nitrogens with zero attached hydrogens (tertiary/aromatic N) is 2. The minimum Gasteiger partial charge on any atom is -0.457 e. The number of halogens is 4. The number of pyridine rings is 1. The number of fused-ring (bicyclic) bond motifs is 1. The molecular weight excluding hydrogens is 801 g/mol.